The number of anilines is 2. The molecule has 3 aromatic heterocycles. The van der Waals surface area contributed by atoms with Crippen molar-refractivity contribution in [2.45, 2.75) is 39.0 Å². The minimum atomic E-state index is -0.184. The molecule has 0 fully saturated rings. The molecule has 0 atom stereocenters. The molecule has 0 bridgehead atoms. The van der Waals surface area contributed by atoms with Crippen LogP contribution in [0.2, 0.25) is 0 Å². The van der Waals surface area contributed by atoms with Crippen molar-refractivity contribution in [1.82, 2.24) is 19.9 Å². The Bertz CT molecular complexity index is 1450. The molecular formula is C30H36N6O2. The quantitative estimate of drug-likeness (QED) is 0.353. The lowest BCUT2D eigenvalue weighted by Gasteiger charge is -2.26. The van der Waals surface area contributed by atoms with E-state index in [0.29, 0.717) is 23.4 Å². The number of aromatic amines is 1. The summed E-state index contributed by atoms with van der Waals surface area (Å²) < 4.78 is 0. The maximum atomic E-state index is 13.7. The van der Waals surface area contributed by atoms with Crippen LogP contribution in [-0.4, -0.2) is 59.4 Å². The molecule has 0 saturated carbocycles. The number of likely N-dealkylation sites (N-methyl/N-ethyl adjacent to an activating group) is 1. The number of benzene rings is 1. The van der Waals surface area contributed by atoms with Gasteiger partial charge in [0.1, 0.15) is 5.65 Å². The van der Waals surface area contributed by atoms with Crippen molar-refractivity contribution in [1.29, 1.82) is 0 Å². The largest absolute Gasteiger partial charge is 0.346 e. The number of aromatic nitrogens is 3. The number of carbonyl (C=O) groups excluding carboxylic acids is 2. The van der Waals surface area contributed by atoms with Crippen LogP contribution in [0.4, 0.5) is 11.4 Å². The second-order valence-corrected chi connectivity index (χ2v) is 10.8. The van der Waals surface area contributed by atoms with Crippen molar-refractivity contribution < 1.29 is 9.59 Å². The Labute approximate surface area is 224 Å². The zero-order valence-corrected chi connectivity index (χ0v) is 23.0. The normalized spacial score (nSPS) is 11.7. The monoisotopic (exact) mass is 512 g/mol. The first-order chi connectivity index (χ1) is 18.0. The third kappa shape index (κ3) is 6.08. The summed E-state index contributed by atoms with van der Waals surface area (Å²) in [5, 5.41) is 4.13. The number of rotatable bonds is 8. The van der Waals surface area contributed by atoms with E-state index in [0.717, 1.165) is 34.3 Å². The van der Waals surface area contributed by atoms with E-state index in [4.69, 9.17) is 0 Å². The fraction of sp³-hybridized carbons (Fsp3) is 0.333. The first kappa shape index (κ1) is 27.0. The van der Waals surface area contributed by atoms with Gasteiger partial charge < -0.3 is 20.1 Å². The predicted octanol–water partition coefficient (Wildman–Crippen LogP) is 4.82. The Hall–Kier alpha value is -4.04. The van der Waals surface area contributed by atoms with Gasteiger partial charge in [0.15, 0.2) is 0 Å². The minimum Gasteiger partial charge on any atom is -0.346 e. The van der Waals surface area contributed by atoms with E-state index in [2.05, 4.69) is 41.0 Å². The maximum absolute atomic E-state index is 13.7. The molecule has 4 aromatic rings. The Morgan fingerprint density at radius 2 is 1.76 bits per heavy atom. The van der Waals surface area contributed by atoms with Crippen LogP contribution < -0.4 is 10.2 Å². The summed E-state index contributed by atoms with van der Waals surface area (Å²) in [5.74, 6) is -0.252. The average Bonchev–Trinajstić information content (AvgIpc) is 3.35. The number of amides is 2. The van der Waals surface area contributed by atoms with Crippen LogP contribution in [0.25, 0.3) is 11.0 Å². The summed E-state index contributed by atoms with van der Waals surface area (Å²) in [5.41, 5.74) is 5.54. The van der Waals surface area contributed by atoms with Crippen molar-refractivity contribution in [2.24, 2.45) is 0 Å². The highest BCUT2D eigenvalue weighted by molar-refractivity contribution is 6.07. The van der Waals surface area contributed by atoms with Crippen molar-refractivity contribution in [3.63, 3.8) is 0 Å². The molecule has 4 rings (SSSR count). The van der Waals surface area contributed by atoms with Gasteiger partial charge in [0, 0.05) is 42.4 Å². The van der Waals surface area contributed by atoms with Gasteiger partial charge >= 0.3 is 0 Å². The van der Waals surface area contributed by atoms with Gasteiger partial charge in [-0.05, 0) is 79.9 Å². The number of H-pyrrole nitrogens is 1. The molecule has 0 aliphatic carbocycles. The number of hydrogen-bond acceptors (Lipinski definition) is 5. The summed E-state index contributed by atoms with van der Waals surface area (Å²) in [7, 11) is 5.46. The van der Waals surface area contributed by atoms with Crippen molar-refractivity contribution >= 4 is 34.2 Å². The Morgan fingerprint density at radius 1 is 0.974 bits per heavy atom. The van der Waals surface area contributed by atoms with E-state index < -0.39 is 0 Å². The molecule has 8 nitrogen and oxygen atoms in total. The molecule has 38 heavy (non-hydrogen) atoms. The van der Waals surface area contributed by atoms with Crippen LogP contribution in [0.15, 0.2) is 61.1 Å². The van der Waals surface area contributed by atoms with E-state index in [1.54, 1.807) is 30.4 Å². The lowest BCUT2D eigenvalue weighted by Crippen LogP contribution is -2.30. The highest BCUT2D eigenvalue weighted by atomic mass is 16.2. The highest BCUT2D eigenvalue weighted by Crippen LogP contribution is 2.33. The third-order valence-corrected chi connectivity index (χ3v) is 6.54. The maximum Gasteiger partial charge on any atom is 0.259 e. The zero-order chi connectivity index (χ0) is 27.4. The van der Waals surface area contributed by atoms with Gasteiger partial charge in [-0.2, -0.15) is 0 Å². The molecule has 0 radical (unpaired) electrons. The predicted molar refractivity (Wildman–Crippen MR) is 153 cm³/mol. The fourth-order valence-corrected chi connectivity index (χ4v) is 4.59. The number of carbonyl (C=O) groups is 2. The van der Waals surface area contributed by atoms with Crippen LogP contribution in [-0.2, 0) is 23.1 Å². The third-order valence-electron chi connectivity index (χ3n) is 6.54. The summed E-state index contributed by atoms with van der Waals surface area (Å²) in [4.78, 5) is 41.8. The number of aryl methyl sites for hydroxylation is 2. The topological polar surface area (TPSA) is 94.2 Å². The summed E-state index contributed by atoms with van der Waals surface area (Å²) in [6.07, 6.45) is 6.76. The van der Waals surface area contributed by atoms with Gasteiger partial charge in [0.25, 0.3) is 5.91 Å². The number of hydrogen-bond donors (Lipinski definition) is 2. The SMILES string of the molecule is CN(C)CC(=O)Nc1cc(N(C)C(=O)c2cccnc2CCc2ccnc3[nH]ccc23)ccc1C(C)(C)C. The molecule has 0 aliphatic heterocycles. The molecule has 0 aliphatic rings. The molecule has 0 unspecified atom stereocenters. The molecule has 3 heterocycles. The van der Waals surface area contributed by atoms with E-state index in [1.807, 2.05) is 61.6 Å². The molecule has 2 amide bonds. The highest BCUT2D eigenvalue weighted by Gasteiger charge is 2.23. The molecule has 2 N–H and O–H groups in total. The van der Waals surface area contributed by atoms with E-state index >= 15 is 0 Å². The second-order valence-electron chi connectivity index (χ2n) is 10.8. The first-order valence-corrected chi connectivity index (χ1v) is 12.8. The van der Waals surface area contributed by atoms with Crippen molar-refractivity contribution in [2.75, 3.05) is 37.9 Å². The van der Waals surface area contributed by atoms with Gasteiger partial charge in [-0.15, -0.1) is 0 Å². The van der Waals surface area contributed by atoms with Gasteiger partial charge in [0.05, 0.1) is 17.8 Å². The number of fused-ring (bicyclic) bond motifs is 1. The fourth-order valence-electron chi connectivity index (χ4n) is 4.59. The summed E-state index contributed by atoms with van der Waals surface area (Å²) >= 11 is 0. The van der Waals surface area contributed by atoms with Gasteiger partial charge in [-0.3, -0.25) is 14.6 Å². The lowest BCUT2D eigenvalue weighted by atomic mass is 9.85. The standard InChI is InChI=1S/C30H36N6O2/c1-30(2,3)24-11-10-21(18-26(24)34-27(37)19-35(4)5)36(6)29(38)23-8-7-15-31-25(23)12-9-20-13-16-32-28-22(20)14-17-33-28/h7-8,10-11,13-18H,9,12,19H2,1-6H3,(H,32,33)(H,34,37). The Balaban J connectivity index is 1.59. The number of pyridine rings is 2. The van der Waals surface area contributed by atoms with Crippen LogP contribution in [0.5, 0.6) is 0 Å². The molecule has 198 valence electrons. The number of nitrogens with zero attached hydrogens (tertiary/aromatic N) is 4. The lowest BCUT2D eigenvalue weighted by molar-refractivity contribution is -0.116. The van der Waals surface area contributed by atoms with Crippen LogP contribution in [0, 0.1) is 0 Å². The molecular weight excluding hydrogens is 476 g/mol. The molecule has 1 aromatic carbocycles. The van der Waals surface area contributed by atoms with Gasteiger partial charge in [-0.1, -0.05) is 26.8 Å². The minimum absolute atomic E-state index is 0.103. The van der Waals surface area contributed by atoms with Crippen LogP contribution in [0.1, 0.15) is 48.0 Å². The van der Waals surface area contributed by atoms with E-state index in [9.17, 15) is 9.59 Å². The van der Waals surface area contributed by atoms with Crippen molar-refractivity contribution in [3.8, 4) is 0 Å². The average molecular weight is 513 g/mol. The molecule has 0 spiro atoms. The summed E-state index contributed by atoms with van der Waals surface area (Å²) in [6, 6.07) is 13.4. The Morgan fingerprint density at radius 3 is 2.50 bits per heavy atom. The first-order valence-electron chi connectivity index (χ1n) is 12.8. The van der Waals surface area contributed by atoms with Gasteiger partial charge in [-0.25, -0.2) is 4.98 Å². The molecule has 0 saturated heterocycles. The van der Waals surface area contributed by atoms with Crippen LogP contribution in [0.3, 0.4) is 0 Å². The summed E-state index contributed by atoms with van der Waals surface area (Å²) in [6.45, 7) is 6.58. The van der Waals surface area contributed by atoms with Crippen LogP contribution >= 0.6 is 0 Å². The van der Waals surface area contributed by atoms with E-state index in [1.165, 1.54) is 0 Å². The number of nitrogens with one attached hydrogen (secondary N) is 2. The van der Waals surface area contributed by atoms with E-state index in [-0.39, 0.29) is 23.8 Å². The second kappa shape index (κ2) is 11.1. The smallest absolute Gasteiger partial charge is 0.259 e. The molecule has 8 heteroatoms. The zero-order valence-electron chi connectivity index (χ0n) is 23.0. The Kier molecular flexibility index (Phi) is 7.92. The van der Waals surface area contributed by atoms with Gasteiger partial charge in [0.2, 0.25) is 5.91 Å². The van der Waals surface area contributed by atoms with Crippen molar-refractivity contribution in [3.05, 3.63) is 83.4 Å².